The average Bonchev–Trinajstić information content (AvgIpc) is 3.04. The van der Waals surface area contributed by atoms with Gasteiger partial charge in [-0.15, -0.1) is 0 Å². The first kappa shape index (κ1) is 21.0. The Labute approximate surface area is 171 Å². The SMILES string of the molecule is Cc1oc2c(OCC(=O)O)cccc2c1CNS(=O)OCCCc1ccccc1. The monoisotopic (exact) mass is 417 g/mol. The molecular weight excluding hydrogens is 394 g/mol. The number of nitrogens with one attached hydrogen (secondary N) is 1. The van der Waals surface area contributed by atoms with Crippen molar-refractivity contribution in [2.24, 2.45) is 0 Å². The molecule has 2 aromatic carbocycles. The van der Waals surface area contributed by atoms with Gasteiger partial charge >= 0.3 is 5.97 Å². The highest BCUT2D eigenvalue weighted by Crippen LogP contribution is 2.32. The zero-order chi connectivity index (χ0) is 20.6. The molecule has 0 spiro atoms. The van der Waals surface area contributed by atoms with Crippen LogP contribution < -0.4 is 9.46 Å². The quantitative estimate of drug-likeness (QED) is 0.463. The first-order valence-electron chi connectivity index (χ1n) is 9.22. The van der Waals surface area contributed by atoms with E-state index in [0.717, 1.165) is 23.8 Å². The second-order valence-electron chi connectivity index (χ2n) is 6.42. The van der Waals surface area contributed by atoms with E-state index in [1.807, 2.05) is 24.3 Å². The standard InChI is InChI=1S/C21H23NO6S/c1-15-18(17-10-5-11-19(21(17)28-15)26-14-20(23)24)13-22-29(25)27-12-6-9-16-7-3-2-4-8-16/h2-5,7-8,10-11,22H,6,9,12-14H2,1H3,(H,23,24). The van der Waals surface area contributed by atoms with Crippen molar-refractivity contribution >= 4 is 28.2 Å². The smallest absolute Gasteiger partial charge is 0.341 e. The van der Waals surface area contributed by atoms with E-state index in [4.69, 9.17) is 18.4 Å². The molecule has 1 heterocycles. The largest absolute Gasteiger partial charge is 0.479 e. The summed E-state index contributed by atoms with van der Waals surface area (Å²) in [5, 5.41) is 9.57. The van der Waals surface area contributed by atoms with Gasteiger partial charge in [0, 0.05) is 17.5 Å². The molecule has 3 rings (SSSR count). The summed E-state index contributed by atoms with van der Waals surface area (Å²) < 4.78 is 31.3. The third kappa shape index (κ3) is 5.90. The minimum Gasteiger partial charge on any atom is -0.479 e. The molecule has 0 aliphatic heterocycles. The molecule has 0 saturated heterocycles. The van der Waals surface area contributed by atoms with Gasteiger partial charge in [-0.25, -0.2) is 13.7 Å². The van der Waals surface area contributed by atoms with Gasteiger partial charge in [-0.2, -0.15) is 0 Å². The highest BCUT2D eigenvalue weighted by atomic mass is 32.2. The molecule has 0 aliphatic carbocycles. The van der Waals surface area contributed by atoms with Crippen molar-refractivity contribution in [1.82, 2.24) is 4.72 Å². The predicted molar refractivity (Wildman–Crippen MR) is 110 cm³/mol. The lowest BCUT2D eigenvalue weighted by Crippen LogP contribution is -2.19. The Morgan fingerprint density at radius 2 is 1.97 bits per heavy atom. The van der Waals surface area contributed by atoms with Gasteiger partial charge < -0.3 is 14.3 Å². The van der Waals surface area contributed by atoms with Crippen molar-refractivity contribution in [3.8, 4) is 5.75 Å². The van der Waals surface area contributed by atoms with Crippen molar-refractivity contribution in [3.63, 3.8) is 0 Å². The normalized spacial score (nSPS) is 12.2. The van der Waals surface area contributed by atoms with Crippen LogP contribution in [0.25, 0.3) is 11.0 Å². The Morgan fingerprint density at radius 1 is 1.17 bits per heavy atom. The second-order valence-corrected chi connectivity index (χ2v) is 7.41. The number of hydrogen-bond donors (Lipinski definition) is 2. The Balaban J connectivity index is 1.53. The van der Waals surface area contributed by atoms with E-state index >= 15 is 0 Å². The van der Waals surface area contributed by atoms with E-state index in [9.17, 15) is 9.00 Å². The van der Waals surface area contributed by atoms with E-state index in [-0.39, 0.29) is 6.54 Å². The van der Waals surface area contributed by atoms with Crippen LogP contribution in [0, 0.1) is 6.92 Å². The molecule has 8 heteroatoms. The van der Waals surface area contributed by atoms with E-state index in [1.165, 1.54) is 5.56 Å². The maximum Gasteiger partial charge on any atom is 0.341 e. The number of hydrogen-bond acceptors (Lipinski definition) is 5. The molecule has 0 radical (unpaired) electrons. The zero-order valence-corrected chi connectivity index (χ0v) is 16.9. The summed E-state index contributed by atoms with van der Waals surface area (Å²) in [6.45, 7) is 2.01. The summed E-state index contributed by atoms with van der Waals surface area (Å²) >= 11 is -1.63. The summed E-state index contributed by atoms with van der Waals surface area (Å²) in [5.41, 5.74) is 2.51. The van der Waals surface area contributed by atoms with Gasteiger partial charge in [0.1, 0.15) is 5.76 Å². The molecule has 7 nitrogen and oxygen atoms in total. The van der Waals surface area contributed by atoms with Gasteiger partial charge in [-0.3, -0.25) is 4.18 Å². The second kappa shape index (κ2) is 10.2. The van der Waals surface area contributed by atoms with Crippen LogP contribution >= 0.6 is 0 Å². The molecular formula is C21H23NO6S. The van der Waals surface area contributed by atoms with Gasteiger partial charge in [0.15, 0.2) is 17.9 Å². The van der Waals surface area contributed by atoms with Crippen molar-refractivity contribution in [2.75, 3.05) is 13.2 Å². The maximum absolute atomic E-state index is 12.1. The molecule has 0 bridgehead atoms. The minimum atomic E-state index is -1.63. The number of carbonyl (C=O) groups is 1. The zero-order valence-electron chi connectivity index (χ0n) is 16.1. The Kier molecular flexibility index (Phi) is 7.40. The van der Waals surface area contributed by atoms with Crippen LogP contribution in [0.1, 0.15) is 23.3 Å². The molecule has 154 valence electrons. The Bertz CT molecular complexity index is 986. The van der Waals surface area contributed by atoms with Crippen molar-refractivity contribution in [3.05, 3.63) is 65.4 Å². The molecule has 0 fully saturated rings. The molecule has 29 heavy (non-hydrogen) atoms. The molecule has 1 aromatic heterocycles. The number of fused-ring (bicyclic) bond motifs is 1. The molecule has 1 unspecified atom stereocenters. The molecule has 3 aromatic rings. The number of aryl methyl sites for hydroxylation is 2. The average molecular weight is 417 g/mol. The topological polar surface area (TPSA) is 98.0 Å². The first-order valence-corrected chi connectivity index (χ1v) is 10.3. The Morgan fingerprint density at radius 3 is 2.72 bits per heavy atom. The van der Waals surface area contributed by atoms with Crippen LogP contribution in [0.5, 0.6) is 5.75 Å². The van der Waals surface area contributed by atoms with Crippen molar-refractivity contribution < 1.29 is 27.4 Å². The number of carboxylic acids is 1. The number of furan rings is 1. The third-order valence-corrected chi connectivity index (χ3v) is 5.11. The maximum atomic E-state index is 12.1. The van der Waals surface area contributed by atoms with E-state index in [1.54, 1.807) is 19.1 Å². The number of benzene rings is 2. The molecule has 0 saturated carbocycles. The Hall–Kier alpha value is -2.68. The van der Waals surface area contributed by atoms with Crippen LogP contribution in [0.4, 0.5) is 0 Å². The first-order chi connectivity index (χ1) is 14.0. The van der Waals surface area contributed by atoms with E-state index in [2.05, 4.69) is 16.9 Å². The lowest BCUT2D eigenvalue weighted by Gasteiger charge is -2.06. The van der Waals surface area contributed by atoms with Gasteiger partial charge in [-0.1, -0.05) is 42.5 Å². The fraction of sp³-hybridized carbons (Fsp3) is 0.286. The highest BCUT2D eigenvalue weighted by molar-refractivity contribution is 7.78. The molecule has 2 N–H and O–H groups in total. The van der Waals surface area contributed by atoms with Gasteiger partial charge in [0.05, 0.1) is 6.61 Å². The van der Waals surface area contributed by atoms with E-state index < -0.39 is 23.8 Å². The lowest BCUT2D eigenvalue weighted by atomic mass is 10.1. The number of para-hydroxylation sites is 1. The number of rotatable bonds is 11. The minimum absolute atomic E-state index is 0.284. The van der Waals surface area contributed by atoms with Gasteiger partial charge in [-0.05, 0) is 31.4 Å². The molecule has 1 atom stereocenters. The van der Waals surface area contributed by atoms with Crippen LogP contribution in [0.2, 0.25) is 0 Å². The number of aliphatic carboxylic acids is 1. The fourth-order valence-corrected chi connectivity index (χ4v) is 3.58. The highest BCUT2D eigenvalue weighted by Gasteiger charge is 2.16. The summed E-state index contributed by atoms with van der Waals surface area (Å²) in [4.78, 5) is 10.7. The molecule has 0 amide bonds. The summed E-state index contributed by atoms with van der Waals surface area (Å²) in [6, 6.07) is 15.3. The van der Waals surface area contributed by atoms with Gasteiger partial charge in [0.25, 0.3) is 0 Å². The van der Waals surface area contributed by atoms with E-state index in [0.29, 0.717) is 23.7 Å². The van der Waals surface area contributed by atoms with Crippen LogP contribution in [0.15, 0.2) is 52.9 Å². The van der Waals surface area contributed by atoms with Crippen LogP contribution in [-0.4, -0.2) is 28.5 Å². The number of carboxylic acid groups (broad SMARTS) is 1. The lowest BCUT2D eigenvalue weighted by molar-refractivity contribution is -0.139. The van der Waals surface area contributed by atoms with Crippen LogP contribution in [-0.2, 0) is 33.2 Å². The summed E-state index contributed by atoms with van der Waals surface area (Å²) in [6.07, 6.45) is 1.64. The van der Waals surface area contributed by atoms with Crippen molar-refractivity contribution in [1.29, 1.82) is 0 Å². The van der Waals surface area contributed by atoms with Crippen LogP contribution in [0.3, 0.4) is 0 Å². The van der Waals surface area contributed by atoms with Crippen molar-refractivity contribution in [2.45, 2.75) is 26.3 Å². The van der Waals surface area contributed by atoms with Gasteiger partial charge in [0.2, 0.25) is 11.3 Å². The fourth-order valence-electron chi connectivity index (χ4n) is 2.96. The number of ether oxygens (including phenoxy) is 1. The molecule has 0 aliphatic rings. The third-order valence-electron chi connectivity index (χ3n) is 4.35. The summed E-state index contributed by atoms with van der Waals surface area (Å²) in [5.74, 6) is -0.0653. The summed E-state index contributed by atoms with van der Waals surface area (Å²) in [7, 11) is 0. The predicted octanol–water partition coefficient (Wildman–Crippen LogP) is 3.52.